The van der Waals surface area contributed by atoms with Gasteiger partial charge in [0.1, 0.15) is 0 Å². The largest absolute Gasteiger partial charge is 0.478 e. The van der Waals surface area contributed by atoms with Crippen molar-refractivity contribution in [2.45, 2.75) is 13.8 Å². The van der Waals surface area contributed by atoms with Gasteiger partial charge in [-0.3, -0.25) is 0 Å². The third kappa shape index (κ3) is 4.76. The fourth-order valence-corrected chi connectivity index (χ4v) is 1.72. The van der Waals surface area contributed by atoms with Gasteiger partial charge in [0, 0.05) is 0 Å². The molecule has 2 aromatic rings. The fraction of sp³-hybridized carbons (Fsp3) is 0.176. The second-order valence-electron chi connectivity index (χ2n) is 4.43. The van der Waals surface area contributed by atoms with E-state index in [-0.39, 0.29) is 5.97 Å². The maximum absolute atomic E-state index is 11.0. The summed E-state index contributed by atoms with van der Waals surface area (Å²) in [7, 11) is 1.38. The molecule has 4 nitrogen and oxygen atoms in total. The van der Waals surface area contributed by atoms with E-state index in [1.165, 1.54) is 7.11 Å². The Morgan fingerprint density at radius 1 is 0.857 bits per heavy atom. The van der Waals surface area contributed by atoms with Crippen molar-refractivity contribution in [1.82, 2.24) is 0 Å². The van der Waals surface area contributed by atoms with Gasteiger partial charge in [-0.15, -0.1) is 0 Å². The number of carbonyl (C=O) groups is 2. The summed E-state index contributed by atoms with van der Waals surface area (Å²) in [5.74, 6) is -1.14. The van der Waals surface area contributed by atoms with E-state index in [0.29, 0.717) is 11.1 Å². The molecule has 0 unspecified atom stereocenters. The Morgan fingerprint density at radius 2 is 1.29 bits per heavy atom. The molecule has 0 aliphatic rings. The Bertz CT molecular complexity index is 632. The van der Waals surface area contributed by atoms with Crippen LogP contribution >= 0.6 is 0 Å². The first-order chi connectivity index (χ1) is 9.97. The van der Waals surface area contributed by atoms with Crippen molar-refractivity contribution in [3.63, 3.8) is 0 Å². The van der Waals surface area contributed by atoms with Crippen molar-refractivity contribution >= 4 is 11.9 Å². The first-order valence-corrected chi connectivity index (χ1v) is 6.40. The quantitative estimate of drug-likeness (QED) is 0.858. The number of hydrogen-bond acceptors (Lipinski definition) is 3. The SMILES string of the molecule is COC(=O)c1ccccc1C.Cc1ccccc1C(=O)O. The molecule has 0 heterocycles. The minimum atomic E-state index is -0.863. The van der Waals surface area contributed by atoms with Gasteiger partial charge in [-0.25, -0.2) is 9.59 Å². The van der Waals surface area contributed by atoms with E-state index >= 15 is 0 Å². The number of carbonyl (C=O) groups excluding carboxylic acids is 1. The zero-order valence-corrected chi connectivity index (χ0v) is 12.3. The third-order valence-corrected chi connectivity index (χ3v) is 2.93. The number of esters is 1. The maximum atomic E-state index is 11.0. The molecule has 1 N–H and O–H groups in total. The lowest BCUT2D eigenvalue weighted by Crippen LogP contribution is -2.02. The van der Waals surface area contributed by atoms with Crippen molar-refractivity contribution in [2.75, 3.05) is 7.11 Å². The molecule has 2 aromatic carbocycles. The second kappa shape index (κ2) is 7.85. The molecule has 110 valence electrons. The second-order valence-corrected chi connectivity index (χ2v) is 4.43. The van der Waals surface area contributed by atoms with Crippen LogP contribution in [0.3, 0.4) is 0 Å². The molecular weight excluding hydrogens is 268 g/mol. The lowest BCUT2D eigenvalue weighted by atomic mass is 10.1. The predicted octanol–water partition coefficient (Wildman–Crippen LogP) is 3.47. The highest BCUT2D eigenvalue weighted by Gasteiger charge is 2.06. The van der Waals surface area contributed by atoms with Gasteiger partial charge in [-0.2, -0.15) is 0 Å². The fourth-order valence-electron chi connectivity index (χ4n) is 1.72. The number of aromatic carboxylic acids is 1. The number of rotatable bonds is 2. The van der Waals surface area contributed by atoms with E-state index in [4.69, 9.17) is 5.11 Å². The molecule has 0 aliphatic heterocycles. The Labute approximate surface area is 124 Å². The highest BCUT2D eigenvalue weighted by Crippen LogP contribution is 2.07. The summed E-state index contributed by atoms with van der Waals surface area (Å²) < 4.78 is 4.58. The zero-order chi connectivity index (χ0) is 15.8. The minimum absolute atomic E-state index is 0.275. The number of carboxylic acid groups (broad SMARTS) is 1. The van der Waals surface area contributed by atoms with E-state index in [9.17, 15) is 9.59 Å². The summed E-state index contributed by atoms with van der Waals surface area (Å²) in [6, 6.07) is 14.3. The van der Waals surface area contributed by atoms with Crippen LogP contribution in [0.5, 0.6) is 0 Å². The number of methoxy groups -OCH3 is 1. The number of carboxylic acids is 1. The molecule has 2 rings (SSSR count). The van der Waals surface area contributed by atoms with E-state index in [2.05, 4.69) is 4.74 Å². The molecule has 0 aliphatic carbocycles. The van der Waals surface area contributed by atoms with Crippen LogP contribution in [-0.2, 0) is 4.74 Å². The topological polar surface area (TPSA) is 63.6 Å². The van der Waals surface area contributed by atoms with Crippen molar-refractivity contribution in [3.8, 4) is 0 Å². The summed E-state index contributed by atoms with van der Waals surface area (Å²) in [4.78, 5) is 21.4. The van der Waals surface area contributed by atoms with Crippen LogP contribution in [0.2, 0.25) is 0 Å². The van der Waals surface area contributed by atoms with Gasteiger partial charge in [-0.1, -0.05) is 36.4 Å². The Hall–Kier alpha value is -2.62. The van der Waals surface area contributed by atoms with Gasteiger partial charge in [0.2, 0.25) is 0 Å². The summed E-state index contributed by atoms with van der Waals surface area (Å²) in [5.41, 5.74) is 2.76. The van der Waals surface area contributed by atoms with Crippen LogP contribution in [0.4, 0.5) is 0 Å². The van der Waals surface area contributed by atoms with Gasteiger partial charge in [-0.05, 0) is 37.1 Å². The lowest BCUT2D eigenvalue weighted by Gasteiger charge is -2.00. The monoisotopic (exact) mass is 286 g/mol. The van der Waals surface area contributed by atoms with E-state index in [0.717, 1.165) is 11.1 Å². The number of benzene rings is 2. The maximum Gasteiger partial charge on any atom is 0.338 e. The van der Waals surface area contributed by atoms with Gasteiger partial charge in [0.15, 0.2) is 0 Å². The lowest BCUT2D eigenvalue weighted by molar-refractivity contribution is 0.0599. The number of ether oxygens (including phenoxy) is 1. The molecular formula is C17H18O4. The Kier molecular flexibility index (Phi) is 6.14. The highest BCUT2D eigenvalue weighted by atomic mass is 16.5. The van der Waals surface area contributed by atoms with Crippen LogP contribution in [0.15, 0.2) is 48.5 Å². The third-order valence-electron chi connectivity index (χ3n) is 2.93. The van der Waals surface area contributed by atoms with Crippen LogP contribution in [0, 0.1) is 13.8 Å². The summed E-state index contributed by atoms with van der Waals surface area (Å²) >= 11 is 0. The minimum Gasteiger partial charge on any atom is -0.478 e. The van der Waals surface area contributed by atoms with Gasteiger partial charge in [0.05, 0.1) is 18.2 Å². The summed E-state index contributed by atoms with van der Waals surface area (Å²) in [5, 5.41) is 8.57. The van der Waals surface area contributed by atoms with Crippen LogP contribution in [-0.4, -0.2) is 24.2 Å². The normalized spacial score (nSPS) is 9.29. The molecule has 0 atom stereocenters. The van der Waals surface area contributed by atoms with E-state index < -0.39 is 5.97 Å². The molecule has 0 spiro atoms. The molecule has 0 aromatic heterocycles. The predicted molar refractivity (Wildman–Crippen MR) is 80.7 cm³/mol. The van der Waals surface area contributed by atoms with Gasteiger partial charge >= 0.3 is 11.9 Å². The average Bonchev–Trinajstić information content (AvgIpc) is 2.48. The van der Waals surface area contributed by atoms with Crippen LogP contribution in [0.1, 0.15) is 31.8 Å². The molecule has 4 heteroatoms. The molecule has 0 amide bonds. The smallest absolute Gasteiger partial charge is 0.338 e. The Balaban J connectivity index is 0.000000211. The Morgan fingerprint density at radius 3 is 1.62 bits per heavy atom. The standard InChI is InChI=1S/C9H10O2.C8H8O2/c1-7-5-3-4-6-8(7)9(10)11-2;1-6-4-2-3-5-7(6)8(9)10/h3-6H,1-2H3;2-5H,1H3,(H,9,10). The molecule has 0 saturated carbocycles. The van der Waals surface area contributed by atoms with Crippen LogP contribution < -0.4 is 0 Å². The average molecular weight is 286 g/mol. The summed E-state index contributed by atoms with van der Waals surface area (Å²) in [6.45, 7) is 3.66. The van der Waals surface area contributed by atoms with Crippen molar-refractivity contribution in [1.29, 1.82) is 0 Å². The van der Waals surface area contributed by atoms with Crippen molar-refractivity contribution in [3.05, 3.63) is 70.8 Å². The van der Waals surface area contributed by atoms with Crippen molar-refractivity contribution in [2.24, 2.45) is 0 Å². The summed E-state index contributed by atoms with van der Waals surface area (Å²) in [6.07, 6.45) is 0. The molecule has 0 bridgehead atoms. The first kappa shape index (κ1) is 16.4. The number of aryl methyl sites for hydroxylation is 2. The van der Waals surface area contributed by atoms with Crippen molar-refractivity contribution < 1.29 is 19.4 Å². The number of hydrogen-bond donors (Lipinski definition) is 1. The highest BCUT2D eigenvalue weighted by molar-refractivity contribution is 5.90. The van der Waals surface area contributed by atoms with Gasteiger partial charge in [0.25, 0.3) is 0 Å². The molecule has 0 radical (unpaired) electrons. The van der Waals surface area contributed by atoms with E-state index in [1.807, 2.05) is 31.2 Å². The molecule has 0 fully saturated rings. The molecule has 0 saturated heterocycles. The van der Waals surface area contributed by atoms with E-state index in [1.54, 1.807) is 31.2 Å². The van der Waals surface area contributed by atoms with Crippen LogP contribution in [0.25, 0.3) is 0 Å². The first-order valence-electron chi connectivity index (χ1n) is 6.40. The van der Waals surface area contributed by atoms with Gasteiger partial charge < -0.3 is 9.84 Å². The molecule has 21 heavy (non-hydrogen) atoms. The zero-order valence-electron chi connectivity index (χ0n) is 12.3.